The summed E-state index contributed by atoms with van der Waals surface area (Å²) < 4.78 is 33.0. The van der Waals surface area contributed by atoms with Crippen molar-refractivity contribution in [2.24, 2.45) is 0 Å². The van der Waals surface area contributed by atoms with Crippen LogP contribution in [0, 0.1) is 0 Å². The standard InChI is InChI=1S/C31H38ClN3O6S.ClH/c32-30-14-12-25(20-34-30)28(37)21-33-16-15-22-7-9-23(10-8-22)24-11-13-27(31(38)35-42(39,40)18-4-17-36)29(19-24)41-26-5-2-1-3-6-26;/h7-14,19-20,26,28,33,36-37H,1-6,15-18,21H2,(H,35,38);1H/t28-;/m1./s1. The molecule has 43 heavy (non-hydrogen) atoms. The topological polar surface area (TPSA) is 138 Å². The maximum absolute atomic E-state index is 13.0. The van der Waals surface area contributed by atoms with E-state index in [4.69, 9.17) is 21.4 Å². The van der Waals surface area contributed by atoms with Crippen LogP contribution in [-0.4, -0.2) is 61.1 Å². The number of carbonyl (C=O) groups excluding carboxylic acids is 1. The molecule has 1 fully saturated rings. The van der Waals surface area contributed by atoms with E-state index in [9.17, 15) is 18.3 Å². The van der Waals surface area contributed by atoms with E-state index in [0.717, 1.165) is 55.2 Å². The second-order valence-electron chi connectivity index (χ2n) is 10.5. The molecule has 0 aliphatic heterocycles. The number of aromatic nitrogens is 1. The van der Waals surface area contributed by atoms with E-state index < -0.39 is 22.0 Å². The molecular weight excluding hydrogens is 613 g/mol. The normalized spacial score (nSPS) is 14.5. The van der Waals surface area contributed by atoms with Crippen LogP contribution in [0.1, 0.15) is 66.1 Å². The van der Waals surface area contributed by atoms with Crippen LogP contribution in [0.2, 0.25) is 5.15 Å². The van der Waals surface area contributed by atoms with Gasteiger partial charge in [0.1, 0.15) is 10.9 Å². The van der Waals surface area contributed by atoms with E-state index in [1.807, 2.05) is 24.3 Å². The minimum absolute atomic E-state index is 0. The van der Waals surface area contributed by atoms with Gasteiger partial charge in [-0.3, -0.25) is 4.79 Å². The molecule has 0 unspecified atom stereocenters. The first-order valence-corrected chi connectivity index (χ1v) is 16.3. The summed E-state index contributed by atoms with van der Waals surface area (Å²) in [6.07, 6.45) is 6.70. The van der Waals surface area contributed by atoms with Gasteiger partial charge in [-0.25, -0.2) is 18.1 Å². The van der Waals surface area contributed by atoms with Gasteiger partial charge >= 0.3 is 0 Å². The van der Waals surface area contributed by atoms with Crippen LogP contribution >= 0.6 is 24.0 Å². The van der Waals surface area contributed by atoms with E-state index in [-0.39, 0.29) is 42.9 Å². The number of nitrogens with zero attached hydrogens (tertiary/aromatic N) is 1. The van der Waals surface area contributed by atoms with Crippen molar-refractivity contribution in [2.45, 2.75) is 57.2 Å². The number of hydrogen-bond donors (Lipinski definition) is 4. The highest BCUT2D eigenvalue weighted by Crippen LogP contribution is 2.31. The molecule has 1 aliphatic rings. The zero-order chi connectivity index (χ0) is 30.0. The number of nitrogens with one attached hydrogen (secondary N) is 2. The molecule has 0 radical (unpaired) electrons. The summed E-state index contributed by atoms with van der Waals surface area (Å²) in [4.78, 5) is 17.0. The zero-order valence-electron chi connectivity index (χ0n) is 23.9. The molecule has 3 aromatic rings. The predicted octanol–water partition coefficient (Wildman–Crippen LogP) is 4.84. The van der Waals surface area contributed by atoms with Gasteiger partial charge in [0.15, 0.2) is 0 Å². The highest BCUT2D eigenvalue weighted by Gasteiger charge is 2.23. The Hall–Kier alpha value is -2.73. The largest absolute Gasteiger partial charge is 0.490 e. The second-order valence-corrected chi connectivity index (χ2v) is 12.7. The molecule has 234 valence electrons. The van der Waals surface area contributed by atoms with Crippen molar-refractivity contribution < 1.29 is 28.2 Å². The van der Waals surface area contributed by atoms with E-state index in [1.54, 1.807) is 36.5 Å². The fourth-order valence-electron chi connectivity index (χ4n) is 4.89. The van der Waals surface area contributed by atoms with Gasteiger partial charge in [0.2, 0.25) is 10.0 Å². The number of benzene rings is 2. The third-order valence-corrected chi connectivity index (χ3v) is 8.79. The molecule has 1 aromatic heterocycles. The highest BCUT2D eigenvalue weighted by molar-refractivity contribution is 7.90. The Kier molecular flexibility index (Phi) is 13.7. The molecular formula is C31H39Cl2N3O6S. The van der Waals surface area contributed by atoms with E-state index >= 15 is 0 Å². The average Bonchev–Trinajstić information content (AvgIpc) is 2.99. The molecule has 9 nitrogen and oxygen atoms in total. The fourth-order valence-corrected chi connectivity index (χ4v) is 6.00. The predicted molar refractivity (Wildman–Crippen MR) is 170 cm³/mol. The minimum Gasteiger partial charge on any atom is -0.490 e. The lowest BCUT2D eigenvalue weighted by Gasteiger charge is -2.24. The Bertz CT molecular complexity index is 1420. The lowest BCUT2D eigenvalue weighted by atomic mass is 9.97. The van der Waals surface area contributed by atoms with E-state index in [1.165, 1.54) is 0 Å². The van der Waals surface area contributed by atoms with Crippen molar-refractivity contribution >= 4 is 39.9 Å². The van der Waals surface area contributed by atoms with Crippen molar-refractivity contribution in [3.05, 3.63) is 82.6 Å². The molecule has 0 bridgehead atoms. The van der Waals surface area contributed by atoms with Crippen LogP contribution in [0.5, 0.6) is 5.75 Å². The average molecular weight is 653 g/mol. The van der Waals surface area contributed by atoms with Crippen LogP contribution in [0.25, 0.3) is 11.1 Å². The van der Waals surface area contributed by atoms with Crippen molar-refractivity contribution in [3.8, 4) is 16.9 Å². The van der Waals surface area contributed by atoms with Gasteiger partial charge in [-0.15, -0.1) is 12.4 Å². The van der Waals surface area contributed by atoms with E-state index in [2.05, 4.69) is 15.0 Å². The molecule has 0 saturated heterocycles. The molecule has 1 aliphatic carbocycles. The van der Waals surface area contributed by atoms with E-state index in [0.29, 0.717) is 29.6 Å². The first kappa shape index (κ1) is 34.8. The number of ether oxygens (including phenoxy) is 1. The van der Waals surface area contributed by atoms with Gasteiger partial charge < -0.3 is 20.3 Å². The number of rotatable bonds is 14. The summed E-state index contributed by atoms with van der Waals surface area (Å²) >= 11 is 5.81. The fraction of sp³-hybridized carbons (Fsp3) is 0.419. The number of aliphatic hydroxyl groups is 2. The minimum atomic E-state index is -3.88. The van der Waals surface area contributed by atoms with Gasteiger partial charge in [-0.05, 0) is 80.0 Å². The molecule has 1 atom stereocenters. The maximum Gasteiger partial charge on any atom is 0.268 e. The van der Waals surface area contributed by atoms with Crippen molar-refractivity contribution in [1.82, 2.24) is 15.0 Å². The first-order chi connectivity index (χ1) is 20.2. The van der Waals surface area contributed by atoms with Crippen molar-refractivity contribution in [3.63, 3.8) is 0 Å². The Balaban J connectivity index is 0.00000506. The Labute approximate surface area is 264 Å². The number of sulfonamides is 1. The maximum atomic E-state index is 13.0. The SMILES string of the molecule is Cl.O=C(NS(=O)(=O)CCCO)c1ccc(-c2ccc(CCNC[C@@H](O)c3ccc(Cl)nc3)cc2)cc1OC1CCCCC1. The molecule has 1 saturated carbocycles. The molecule has 12 heteroatoms. The van der Waals surface area contributed by atoms with Gasteiger partial charge in [0, 0.05) is 24.9 Å². The quantitative estimate of drug-likeness (QED) is 0.143. The van der Waals surface area contributed by atoms with Crippen molar-refractivity contribution in [1.29, 1.82) is 0 Å². The van der Waals surface area contributed by atoms with Gasteiger partial charge in [0.25, 0.3) is 5.91 Å². The van der Waals surface area contributed by atoms with Gasteiger partial charge in [0.05, 0.1) is 23.5 Å². The Morgan fingerprint density at radius 2 is 1.77 bits per heavy atom. The van der Waals surface area contributed by atoms with Crippen LogP contribution in [0.4, 0.5) is 0 Å². The number of pyridine rings is 1. The summed E-state index contributed by atoms with van der Waals surface area (Å²) in [5, 5.41) is 22.9. The number of carbonyl (C=O) groups is 1. The summed E-state index contributed by atoms with van der Waals surface area (Å²) in [7, 11) is -3.88. The second kappa shape index (κ2) is 16.9. The molecule has 4 N–H and O–H groups in total. The van der Waals surface area contributed by atoms with Crippen LogP contribution in [0.3, 0.4) is 0 Å². The van der Waals surface area contributed by atoms with Crippen LogP contribution < -0.4 is 14.8 Å². The van der Waals surface area contributed by atoms with Gasteiger partial charge in [-0.1, -0.05) is 54.4 Å². The summed E-state index contributed by atoms with van der Waals surface area (Å²) in [6, 6.07) is 16.7. The Morgan fingerprint density at radius 1 is 1.05 bits per heavy atom. The Morgan fingerprint density at radius 3 is 2.44 bits per heavy atom. The number of amides is 1. The lowest BCUT2D eigenvalue weighted by molar-refractivity contribution is 0.0969. The molecule has 1 amide bonds. The zero-order valence-corrected chi connectivity index (χ0v) is 26.3. The number of halogens is 2. The first-order valence-electron chi connectivity index (χ1n) is 14.3. The number of aliphatic hydroxyl groups excluding tert-OH is 2. The summed E-state index contributed by atoms with van der Waals surface area (Å²) in [5.74, 6) is -0.725. The molecule has 0 spiro atoms. The molecule has 1 heterocycles. The summed E-state index contributed by atoms with van der Waals surface area (Å²) in [5.41, 5.74) is 3.78. The molecule has 2 aromatic carbocycles. The highest BCUT2D eigenvalue weighted by atomic mass is 35.5. The van der Waals surface area contributed by atoms with Crippen LogP contribution in [-0.2, 0) is 16.4 Å². The smallest absolute Gasteiger partial charge is 0.268 e. The monoisotopic (exact) mass is 651 g/mol. The van der Waals surface area contributed by atoms with Gasteiger partial charge in [-0.2, -0.15) is 0 Å². The molecule has 4 rings (SSSR count). The number of hydrogen-bond acceptors (Lipinski definition) is 8. The summed E-state index contributed by atoms with van der Waals surface area (Å²) in [6.45, 7) is 0.802. The van der Waals surface area contributed by atoms with Crippen molar-refractivity contribution in [2.75, 3.05) is 25.4 Å². The third-order valence-electron chi connectivity index (χ3n) is 7.24. The lowest BCUT2D eigenvalue weighted by Crippen LogP contribution is -2.33. The van der Waals surface area contributed by atoms with Crippen LogP contribution in [0.15, 0.2) is 60.8 Å². The third kappa shape index (κ3) is 10.7.